The smallest absolute Gasteiger partial charge is 0.121 e. The van der Waals surface area contributed by atoms with Gasteiger partial charge in [-0.1, -0.05) is 56.3 Å². The molecule has 0 spiro atoms. The van der Waals surface area contributed by atoms with Gasteiger partial charge in [0.2, 0.25) is 0 Å². The number of H-pyrrole nitrogens is 2. The number of benzene rings is 3. The van der Waals surface area contributed by atoms with E-state index in [0.29, 0.717) is 0 Å². The Labute approximate surface area is 206 Å². The quantitative estimate of drug-likeness (QED) is 0.258. The zero-order valence-electron chi connectivity index (χ0n) is 20.3. The van der Waals surface area contributed by atoms with Crippen molar-refractivity contribution in [1.82, 2.24) is 9.97 Å². The Morgan fingerprint density at radius 1 is 0.618 bits per heavy atom. The molecule has 0 saturated heterocycles. The molecule has 2 aromatic heterocycles. The first-order valence-electron chi connectivity index (χ1n) is 11.0. The second kappa shape index (κ2) is 12.7. The van der Waals surface area contributed by atoms with E-state index >= 15 is 0 Å². The SMILES string of the molecule is C.C.COc1ccc(C)cc1C.Cc1ccc2[nH]c(C)cc2c1.Cc1ccc2c(C)c[nH]c2c1. The van der Waals surface area contributed by atoms with Crippen molar-refractivity contribution in [3.8, 4) is 5.75 Å². The fourth-order valence-corrected chi connectivity index (χ4v) is 3.81. The molecule has 2 heterocycles. The summed E-state index contributed by atoms with van der Waals surface area (Å²) in [5, 5.41) is 2.64. The van der Waals surface area contributed by atoms with E-state index in [0.717, 1.165) is 5.75 Å². The molecular weight excluding hydrogens is 416 g/mol. The third-order valence-electron chi connectivity index (χ3n) is 5.51. The van der Waals surface area contributed by atoms with Crippen molar-refractivity contribution >= 4 is 21.8 Å². The summed E-state index contributed by atoms with van der Waals surface area (Å²) in [4.78, 5) is 6.51. The van der Waals surface area contributed by atoms with E-state index in [9.17, 15) is 0 Å². The summed E-state index contributed by atoms with van der Waals surface area (Å²) >= 11 is 0. The molecule has 0 amide bonds. The van der Waals surface area contributed by atoms with E-state index in [1.165, 1.54) is 55.3 Å². The molecule has 5 rings (SSSR count). The highest BCUT2D eigenvalue weighted by Crippen LogP contribution is 2.19. The number of ether oxygens (including phenoxy) is 1. The molecule has 0 atom stereocenters. The Bertz CT molecular complexity index is 1320. The van der Waals surface area contributed by atoms with Crippen molar-refractivity contribution in [3.05, 3.63) is 100 Å². The van der Waals surface area contributed by atoms with Crippen molar-refractivity contribution in [2.75, 3.05) is 7.11 Å². The van der Waals surface area contributed by atoms with Crippen LogP contribution >= 0.6 is 0 Å². The minimum Gasteiger partial charge on any atom is -0.496 e. The molecule has 0 fully saturated rings. The molecule has 34 heavy (non-hydrogen) atoms. The fraction of sp³-hybridized carbons (Fsp3) is 0.290. The monoisotopic (exact) mass is 458 g/mol. The van der Waals surface area contributed by atoms with E-state index < -0.39 is 0 Å². The molecule has 0 aliphatic rings. The molecule has 2 N–H and O–H groups in total. The first-order valence-corrected chi connectivity index (χ1v) is 11.0. The second-order valence-electron chi connectivity index (χ2n) is 8.54. The summed E-state index contributed by atoms with van der Waals surface area (Å²) in [7, 11) is 1.69. The Balaban J connectivity index is 0.000000248. The summed E-state index contributed by atoms with van der Waals surface area (Å²) in [5.41, 5.74) is 10.1. The molecule has 0 radical (unpaired) electrons. The minimum absolute atomic E-state index is 0. The summed E-state index contributed by atoms with van der Waals surface area (Å²) in [6, 6.07) is 21.2. The van der Waals surface area contributed by atoms with Crippen LogP contribution in [0.25, 0.3) is 21.8 Å². The topological polar surface area (TPSA) is 40.8 Å². The predicted octanol–water partition coefficient (Wildman–Crippen LogP) is 9.15. The maximum atomic E-state index is 5.10. The van der Waals surface area contributed by atoms with Crippen molar-refractivity contribution in [2.45, 2.75) is 56.4 Å². The van der Waals surface area contributed by atoms with Crippen LogP contribution in [0.1, 0.15) is 48.4 Å². The molecule has 182 valence electrons. The lowest BCUT2D eigenvalue weighted by atomic mass is 10.1. The molecule has 3 nitrogen and oxygen atoms in total. The van der Waals surface area contributed by atoms with E-state index in [4.69, 9.17) is 4.74 Å². The van der Waals surface area contributed by atoms with Crippen LogP contribution in [0.2, 0.25) is 0 Å². The minimum atomic E-state index is 0. The molecule has 3 heteroatoms. The number of rotatable bonds is 1. The Kier molecular flexibility index (Phi) is 10.7. The van der Waals surface area contributed by atoms with Crippen molar-refractivity contribution in [3.63, 3.8) is 0 Å². The van der Waals surface area contributed by atoms with Gasteiger partial charge >= 0.3 is 0 Å². The summed E-state index contributed by atoms with van der Waals surface area (Å²) in [6.45, 7) is 12.5. The van der Waals surface area contributed by atoms with Crippen LogP contribution in [0.15, 0.2) is 66.9 Å². The van der Waals surface area contributed by atoms with Gasteiger partial charge in [0.15, 0.2) is 0 Å². The van der Waals surface area contributed by atoms with Gasteiger partial charge < -0.3 is 14.7 Å². The molecule has 0 saturated carbocycles. The number of nitrogens with one attached hydrogen (secondary N) is 2. The predicted molar refractivity (Wildman–Crippen MR) is 151 cm³/mol. The van der Waals surface area contributed by atoms with Crippen LogP contribution in [0.4, 0.5) is 0 Å². The van der Waals surface area contributed by atoms with Crippen molar-refractivity contribution < 1.29 is 4.74 Å². The third kappa shape index (κ3) is 7.28. The van der Waals surface area contributed by atoms with Gasteiger partial charge in [-0.25, -0.2) is 0 Å². The average Bonchev–Trinajstić information content (AvgIpc) is 3.30. The van der Waals surface area contributed by atoms with Gasteiger partial charge in [0.05, 0.1) is 7.11 Å². The Morgan fingerprint density at radius 2 is 1.24 bits per heavy atom. The number of hydrogen-bond donors (Lipinski definition) is 2. The number of hydrogen-bond acceptors (Lipinski definition) is 1. The Morgan fingerprint density at radius 3 is 1.91 bits per heavy atom. The zero-order chi connectivity index (χ0) is 23.3. The first kappa shape index (κ1) is 28.6. The number of aryl methyl sites for hydroxylation is 6. The number of fused-ring (bicyclic) bond motifs is 2. The molecule has 0 bridgehead atoms. The van der Waals surface area contributed by atoms with Gasteiger partial charge in [-0.05, 0) is 94.0 Å². The second-order valence-corrected chi connectivity index (χ2v) is 8.54. The standard InChI is InChI=1S/2C10H11N.C9H12O.2CH4/c1-7-3-4-10-9(5-7)6-8(2)11-10;1-7-3-4-9-8(2)6-11-10(9)5-7;1-7-4-5-9(10-3)8(2)6-7;;/h2*3-6,11H,1-2H3;4-6H,1-3H3;2*1H4. The highest BCUT2D eigenvalue weighted by Gasteiger charge is 1.97. The average molecular weight is 459 g/mol. The first-order chi connectivity index (χ1) is 15.3. The largest absolute Gasteiger partial charge is 0.496 e. The van der Waals surface area contributed by atoms with Gasteiger partial charge in [-0.15, -0.1) is 0 Å². The lowest BCUT2D eigenvalue weighted by Gasteiger charge is -2.03. The number of methoxy groups -OCH3 is 1. The normalized spacial score (nSPS) is 9.74. The van der Waals surface area contributed by atoms with Crippen LogP contribution in [0.5, 0.6) is 5.75 Å². The molecule has 3 aromatic carbocycles. The van der Waals surface area contributed by atoms with Gasteiger partial charge in [0.25, 0.3) is 0 Å². The highest BCUT2D eigenvalue weighted by atomic mass is 16.5. The van der Waals surface area contributed by atoms with Crippen LogP contribution < -0.4 is 4.74 Å². The molecule has 0 unspecified atom stereocenters. The number of aromatic nitrogens is 2. The lowest BCUT2D eigenvalue weighted by Crippen LogP contribution is -1.86. The maximum Gasteiger partial charge on any atom is 0.121 e. The van der Waals surface area contributed by atoms with E-state index in [-0.39, 0.29) is 14.9 Å². The van der Waals surface area contributed by atoms with Crippen LogP contribution in [0.3, 0.4) is 0 Å². The van der Waals surface area contributed by atoms with E-state index in [2.05, 4.69) is 93.1 Å². The summed E-state index contributed by atoms with van der Waals surface area (Å²) in [5.74, 6) is 0.964. The third-order valence-corrected chi connectivity index (χ3v) is 5.51. The zero-order valence-corrected chi connectivity index (χ0v) is 20.3. The highest BCUT2D eigenvalue weighted by molar-refractivity contribution is 5.83. The summed E-state index contributed by atoms with van der Waals surface area (Å²) < 4.78 is 5.10. The van der Waals surface area contributed by atoms with Crippen LogP contribution in [-0.4, -0.2) is 17.1 Å². The maximum absolute atomic E-state index is 5.10. The van der Waals surface area contributed by atoms with Gasteiger partial charge in [0, 0.05) is 28.3 Å². The Hall–Kier alpha value is -3.46. The lowest BCUT2D eigenvalue weighted by molar-refractivity contribution is 0.411. The van der Waals surface area contributed by atoms with Gasteiger partial charge in [-0.3, -0.25) is 0 Å². The summed E-state index contributed by atoms with van der Waals surface area (Å²) in [6.07, 6.45) is 2.05. The van der Waals surface area contributed by atoms with Crippen molar-refractivity contribution in [2.24, 2.45) is 0 Å². The molecule has 0 aliphatic heterocycles. The van der Waals surface area contributed by atoms with Crippen LogP contribution in [-0.2, 0) is 0 Å². The molecule has 0 aliphatic carbocycles. The van der Waals surface area contributed by atoms with Crippen molar-refractivity contribution in [1.29, 1.82) is 0 Å². The number of aromatic amines is 2. The van der Waals surface area contributed by atoms with Gasteiger partial charge in [0.1, 0.15) is 5.75 Å². The molecular formula is C31H42N2O. The van der Waals surface area contributed by atoms with Crippen LogP contribution in [0, 0.1) is 41.5 Å². The van der Waals surface area contributed by atoms with E-state index in [1.54, 1.807) is 7.11 Å². The van der Waals surface area contributed by atoms with E-state index in [1.807, 2.05) is 25.3 Å². The molecule has 5 aromatic rings. The fourth-order valence-electron chi connectivity index (χ4n) is 3.81. The van der Waals surface area contributed by atoms with Gasteiger partial charge in [-0.2, -0.15) is 0 Å².